The third-order valence-corrected chi connectivity index (χ3v) is 1.77. The summed E-state index contributed by atoms with van der Waals surface area (Å²) in [5.74, 6) is 0.118. The van der Waals surface area contributed by atoms with Crippen LogP contribution >= 0.6 is 0 Å². The molecule has 0 saturated heterocycles. The monoisotopic (exact) mass is 180 g/mol. The molecule has 1 aliphatic rings. The molecule has 1 aliphatic heterocycles. The summed E-state index contributed by atoms with van der Waals surface area (Å²) < 4.78 is 6.89. The van der Waals surface area contributed by atoms with E-state index in [1.54, 1.807) is 4.68 Å². The molecular formula is C7H8N4O2. The van der Waals surface area contributed by atoms with Crippen molar-refractivity contribution in [3.8, 4) is 6.01 Å². The molecule has 0 aliphatic carbocycles. The lowest BCUT2D eigenvalue weighted by Crippen LogP contribution is -1.99. The Morgan fingerprint density at radius 3 is 3.31 bits per heavy atom. The summed E-state index contributed by atoms with van der Waals surface area (Å²) in [6.07, 6.45) is 3.39. The van der Waals surface area contributed by atoms with Crippen LogP contribution in [0.3, 0.4) is 0 Å². The van der Waals surface area contributed by atoms with Gasteiger partial charge in [-0.2, -0.15) is 4.98 Å². The lowest BCUT2D eigenvalue weighted by atomic mass is 10.3. The molecular weight excluding hydrogens is 172 g/mol. The summed E-state index contributed by atoms with van der Waals surface area (Å²) in [5, 5.41) is 3.95. The van der Waals surface area contributed by atoms with Crippen LogP contribution in [-0.4, -0.2) is 27.5 Å². The smallest absolute Gasteiger partial charge is 0.316 e. The van der Waals surface area contributed by atoms with Crippen LogP contribution < -0.4 is 4.74 Å². The highest BCUT2D eigenvalue weighted by molar-refractivity contribution is 5.40. The summed E-state index contributed by atoms with van der Waals surface area (Å²) in [7, 11) is 0. The highest BCUT2D eigenvalue weighted by Gasteiger charge is 2.13. The first-order chi connectivity index (χ1) is 6.40. The zero-order valence-corrected chi connectivity index (χ0v) is 6.93. The first-order valence-corrected chi connectivity index (χ1v) is 4.05. The molecule has 0 fully saturated rings. The van der Waals surface area contributed by atoms with Gasteiger partial charge in [-0.3, -0.25) is 0 Å². The Labute approximate surface area is 74.2 Å². The number of aryl methyl sites for hydroxylation is 1. The molecule has 2 rings (SSSR count). The predicted molar refractivity (Wildman–Crippen MR) is 42.5 cm³/mol. The van der Waals surface area contributed by atoms with Gasteiger partial charge < -0.3 is 4.74 Å². The Balaban J connectivity index is 2.32. The standard InChI is InChI=1S/C7H8N4O2/c12-5-8-6-9-7-11(10-6)3-1-2-4-13-7/h1-4H2. The maximum Gasteiger partial charge on any atom is 0.316 e. The molecule has 1 aromatic rings. The van der Waals surface area contributed by atoms with E-state index < -0.39 is 0 Å². The fraction of sp³-hybridized carbons (Fsp3) is 0.571. The minimum absolute atomic E-state index is 0.118. The van der Waals surface area contributed by atoms with E-state index in [-0.39, 0.29) is 5.95 Å². The molecule has 2 heterocycles. The Morgan fingerprint density at radius 2 is 2.46 bits per heavy atom. The molecule has 6 nitrogen and oxygen atoms in total. The lowest BCUT2D eigenvalue weighted by molar-refractivity contribution is 0.292. The largest absolute Gasteiger partial charge is 0.464 e. The zero-order chi connectivity index (χ0) is 9.10. The van der Waals surface area contributed by atoms with Crippen molar-refractivity contribution in [2.75, 3.05) is 6.61 Å². The quantitative estimate of drug-likeness (QED) is 0.464. The average molecular weight is 180 g/mol. The van der Waals surface area contributed by atoms with Gasteiger partial charge in [0, 0.05) is 6.54 Å². The maximum atomic E-state index is 9.93. The van der Waals surface area contributed by atoms with Gasteiger partial charge in [-0.1, -0.05) is 0 Å². The van der Waals surface area contributed by atoms with E-state index in [4.69, 9.17) is 4.74 Å². The highest BCUT2D eigenvalue weighted by atomic mass is 16.5. The third-order valence-electron chi connectivity index (χ3n) is 1.77. The second-order valence-corrected chi connectivity index (χ2v) is 2.68. The molecule has 1 aromatic heterocycles. The van der Waals surface area contributed by atoms with Crippen molar-refractivity contribution in [2.45, 2.75) is 19.4 Å². The van der Waals surface area contributed by atoms with E-state index in [0.29, 0.717) is 12.6 Å². The molecule has 0 amide bonds. The second-order valence-electron chi connectivity index (χ2n) is 2.68. The van der Waals surface area contributed by atoms with Crippen LogP contribution in [0.25, 0.3) is 0 Å². The first kappa shape index (κ1) is 7.94. The third kappa shape index (κ3) is 1.57. The molecule has 13 heavy (non-hydrogen) atoms. The SMILES string of the molecule is O=C=Nc1nc2n(n1)CCCCO2. The zero-order valence-electron chi connectivity index (χ0n) is 6.93. The van der Waals surface area contributed by atoms with Crippen LogP contribution in [0.2, 0.25) is 0 Å². The van der Waals surface area contributed by atoms with Crippen molar-refractivity contribution in [2.24, 2.45) is 4.99 Å². The Morgan fingerprint density at radius 1 is 1.54 bits per heavy atom. The number of hydrogen-bond acceptors (Lipinski definition) is 5. The van der Waals surface area contributed by atoms with Crippen molar-refractivity contribution in [1.29, 1.82) is 0 Å². The van der Waals surface area contributed by atoms with E-state index in [9.17, 15) is 4.79 Å². The van der Waals surface area contributed by atoms with Gasteiger partial charge in [0.15, 0.2) is 0 Å². The Hall–Kier alpha value is -1.68. The molecule has 0 atom stereocenters. The van der Waals surface area contributed by atoms with Gasteiger partial charge in [-0.15, -0.1) is 10.1 Å². The van der Waals surface area contributed by atoms with Gasteiger partial charge in [0.25, 0.3) is 5.95 Å². The predicted octanol–water partition coefficient (Wildman–Crippen LogP) is 0.418. The molecule has 0 spiro atoms. The minimum atomic E-state index is 0.118. The summed E-state index contributed by atoms with van der Waals surface area (Å²) in [6.45, 7) is 1.40. The van der Waals surface area contributed by atoms with E-state index in [1.807, 2.05) is 0 Å². The lowest BCUT2D eigenvalue weighted by Gasteiger charge is -1.97. The van der Waals surface area contributed by atoms with Gasteiger partial charge in [0.2, 0.25) is 6.08 Å². The van der Waals surface area contributed by atoms with Gasteiger partial charge in [-0.25, -0.2) is 9.48 Å². The van der Waals surface area contributed by atoms with Crippen LogP contribution in [0.15, 0.2) is 4.99 Å². The van der Waals surface area contributed by atoms with E-state index >= 15 is 0 Å². The van der Waals surface area contributed by atoms with E-state index in [1.165, 1.54) is 6.08 Å². The molecule has 0 bridgehead atoms. The fourth-order valence-electron chi connectivity index (χ4n) is 1.18. The molecule has 0 unspecified atom stereocenters. The van der Waals surface area contributed by atoms with Gasteiger partial charge in [0.05, 0.1) is 6.61 Å². The van der Waals surface area contributed by atoms with Crippen molar-refractivity contribution in [1.82, 2.24) is 14.8 Å². The number of aromatic nitrogens is 3. The first-order valence-electron chi connectivity index (χ1n) is 4.05. The number of aliphatic imine (C=N–C) groups is 1. The number of hydrogen-bond donors (Lipinski definition) is 0. The number of carbonyl (C=O) groups excluding carboxylic acids is 1. The van der Waals surface area contributed by atoms with Crippen molar-refractivity contribution in [3.05, 3.63) is 0 Å². The van der Waals surface area contributed by atoms with Crippen LogP contribution in [0, 0.1) is 0 Å². The summed E-state index contributed by atoms with van der Waals surface area (Å²) in [5.41, 5.74) is 0. The van der Waals surface area contributed by atoms with Gasteiger partial charge in [0.1, 0.15) is 0 Å². The second kappa shape index (κ2) is 3.37. The Kier molecular flexibility index (Phi) is 2.06. The molecule has 0 radical (unpaired) electrons. The average Bonchev–Trinajstić information content (AvgIpc) is 2.37. The van der Waals surface area contributed by atoms with Crippen LogP contribution in [-0.2, 0) is 11.3 Å². The Bertz CT molecular complexity index is 330. The van der Waals surface area contributed by atoms with Crippen LogP contribution in [0.4, 0.5) is 5.95 Å². The van der Waals surface area contributed by atoms with Gasteiger partial charge in [-0.05, 0) is 12.8 Å². The summed E-state index contributed by atoms with van der Waals surface area (Å²) in [6, 6.07) is 0.437. The number of ether oxygens (including phenoxy) is 1. The summed E-state index contributed by atoms with van der Waals surface area (Å²) >= 11 is 0. The molecule has 0 saturated carbocycles. The fourth-order valence-corrected chi connectivity index (χ4v) is 1.18. The topological polar surface area (TPSA) is 69.4 Å². The van der Waals surface area contributed by atoms with Crippen molar-refractivity contribution in [3.63, 3.8) is 0 Å². The molecule has 6 heteroatoms. The highest BCUT2D eigenvalue weighted by Crippen LogP contribution is 2.17. The molecule has 0 N–H and O–H groups in total. The number of fused-ring (bicyclic) bond motifs is 1. The van der Waals surface area contributed by atoms with E-state index in [2.05, 4.69) is 15.1 Å². The van der Waals surface area contributed by atoms with Gasteiger partial charge >= 0.3 is 6.01 Å². The van der Waals surface area contributed by atoms with Crippen LogP contribution in [0.1, 0.15) is 12.8 Å². The normalized spacial score (nSPS) is 15.1. The molecule has 0 aromatic carbocycles. The minimum Gasteiger partial charge on any atom is -0.464 e. The number of rotatable bonds is 1. The number of nitrogens with zero attached hydrogens (tertiary/aromatic N) is 4. The van der Waals surface area contributed by atoms with E-state index in [0.717, 1.165) is 19.4 Å². The number of isocyanates is 1. The van der Waals surface area contributed by atoms with Crippen molar-refractivity contribution >= 4 is 12.0 Å². The maximum absolute atomic E-state index is 9.93. The van der Waals surface area contributed by atoms with Crippen LogP contribution in [0.5, 0.6) is 6.01 Å². The molecule has 68 valence electrons. The van der Waals surface area contributed by atoms with Crippen molar-refractivity contribution < 1.29 is 9.53 Å². The summed E-state index contributed by atoms with van der Waals surface area (Å²) in [4.78, 5) is 17.1.